The number of aryl methyl sites for hydroxylation is 1. The topological polar surface area (TPSA) is 90.2 Å². The number of amides is 2. The van der Waals surface area contributed by atoms with Gasteiger partial charge >= 0.3 is 5.69 Å². The first kappa shape index (κ1) is 17.1. The van der Waals surface area contributed by atoms with Crippen molar-refractivity contribution in [1.82, 2.24) is 14.5 Å². The summed E-state index contributed by atoms with van der Waals surface area (Å²) in [6.45, 7) is 3.72. The van der Waals surface area contributed by atoms with Gasteiger partial charge in [-0.05, 0) is 30.5 Å². The smallest absolute Gasteiger partial charge is 0.303 e. The van der Waals surface area contributed by atoms with E-state index in [0.29, 0.717) is 23.9 Å². The van der Waals surface area contributed by atoms with Crippen LogP contribution in [0.25, 0.3) is 11.0 Å². The number of imidazole rings is 1. The average molecular weight is 343 g/mol. The van der Waals surface area contributed by atoms with E-state index in [0.717, 1.165) is 11.8 Å². The molecule has 1 saturated heterocycles. The molecule has 1 N–H and O–H groups in total. The van der Waals surface area contributed by atoms with E-state index in [1.165, 1.54) is 9.13 Å². The van der Waals surface area contributed by atoms with Gasteiger partial charge in [-0.1, -0.05) is 19.9 Å². The van der Waals surface area contributed by atoms with Gasteiger partial charge in [0, 0.05) is 18.9 Å². The van der Waals surface area contributed by atoms with Crippen LogP contribution < -0.4 is 11.0 Å². The minimum absolute atomic E-state index is 0.213. The second kappa shape index (κ2) is 5.98. The molecule has 3 rings (SSSR count). The van der Waals surface area contributed by atoms with E-state index < -0.39 is 17.4 Å². The van der Waals surface area contributed by atoms with Crippen molar-refractivity contribution in [2.45, 2.75) is 39.2 Å². The lowest BCUT2D eigenvalue weighted by molar-refractivity contribution is -0.135. The van der Waals surface area contributed by atoms with Crippen molar-refractivity contribution in [2.75, 3.05) is 0 Å². The van der Waals surface area contributed by atoms with E-state index in [2.05, 4.69) is 5.32 Å². The highest BCUT2D eigenvalue weighted by molar-refractivity contribution is 6.00. The van der Waals surface area contributed by atoms with Crippen molar-refractivity contribution in [3.05, 3.63) is 34.2 Å². The van der Waals surface area contributed by atoms with Crippen LogP contribution >= 0.6 is 0 Å². The zero-order valence-corrected chi connectivity index (χ0v) is 14.5. The van der Waals surface area contributed by atoms with E-state index >= 15 is 0 Å². The molecule has 0 spiro atoms. The summed E-state index contributed by atoms with van der Waals surface area (Å²) >= 11 is 0. The molecule has 1 aromatic carbocycles. The Morgan fingerprint density at radius 2 is 1.96 bits per heavy atom. The monoisotopic (exact) mass is 343 g/mol. The molecule has 7 nitrogen and oxygen atoms in total. The predicted octanol–water partition coefficient (Wildman–Crippen LogP) is 1.09. The molecule has 2 heterocycles. The Bertz CT molecular complexity index is 936. The number of hydrogen-bond donors (Lipinski definition) is 1. The quantitative estimate of drug-likeness (QED) is 0.664. The molecule has 0 aliphatic carbocycles. The van der Waals surface area contributed by atoms with Gasteiger partial charge in [0.1, 0.15) is 12.3 Å². The average Bonchev–Trinajstić information content (AvgIpc) is 2.79. The molecule has 1 atom stereocenters. The van der Waals surface area contributed by atoms with Gasteiger partial charge in [0.05, 0.1) is 11.0 Å². The summed E-state index contributed by atoms with van der Waals surface area (Å²) in [6, 6.07) is 4.86. The summed E-state index contributed by atoms with van der Waals surface area (Å²) < 4.78 is 2.95. The Labute approximate surface area is 144 Å². The summed E-state index contributed by atoms with van der Waals surface area (Å²) in [5, 5.41) is 2.29. The molecule has 1 fully saturated rings. The van der Waals surface area contributed by atoms with Gasteiger partial charge in [0.15, 0.2) is 0 Å². The van der Waals surface area contributed by atoms with Crippen molar-refractivity contribution in [2.24, 2.45) is 12.5 Å². The number of nitrogens with zero attached hydrogens (tertiary/aromatic N) is 2. The van der Waals surface area contributed by atoms with Crippen LogP contribution in [0.3, 0.4) is 0 Å². The first-order valence-electron chi connectivity index (χ1n) is 8.23. The van der Waals surface area contributed by atoms with Crippen molar-refractivity contribution >= 4 is 29.1 Å². The number of aromatic nitrogens is 2. The fourth-order valence-corrected chi connectivity index (χ4v) is 3.32. The summed E-state index contributed by atoms with van der Waals surface area (Å²) in [5.74, 6) is -0.759. The molecular formula is C18H21N3O4. The molecule has 1 aliphatic heterocycles. The molecule has 132 valence electrons. The first-order chi connectivity index (χ1) is 11.7. The van der Waals surface area contributed by atoms with Crippen molar-refractivity contribution < 1.29 is 14.4 Å². The number of hydrogen-bond acceptors (Lipinski definition) is 4. The molecular weight excluding hydrogens is 322 g/mol. The van der Waals surface area contributed by atoms with Crippen molar-refractivity contribution in [3.8, 4) is 0 Å². The van der Waals surface area contributed by atoms with Gasteiger partial charge in [0.25, 0.3) is 0 Å². The van der Waals surface area contributed by atoms with Crippen molar-refractivity contribution in [1.29, 1.82) is 0 Å². The van der Waals surface area contributed by atoms with Crippen LogP contribution in [0.5, 0.6) is 0 Å². The van der Waals surface area contributed by atoms with Gasteiger partial charge in [-0.2, -0.15) is 0 Å². The summed E-state index contributed by atoms with van der Waals surface area (Å²) in [7, 11) is 1.65. The molecule has 2 amide bonds. The van der Waals surface area contributed by atoms with Crippen LogP contribution in [-0.2, 0) is 27.9 Å². The number of rotatable bonds is 4. The van der Waals surface area contributed by atoms with Crippen LogP contribution in [-0.4, -0.2) is 27.2 Å². The number of carbonyl (C=O) groups is 3. The lowest BCUT2D eigenvalue weighted by Gasteiger charge is -2.22. The van der Waals surface area contributed by atoms with E-state index in [1.807, 2.05) is 26.0 Å². The van der Waals surface area contributed by atoms with Crippen LogP contribution in [0, 0.1) is 5.41 Å². The van der Waals surface area contributed by atoms with Crippen LogP contribution in [0.15, 0.2) is 23.0 Å². The maximum Gasteiger partial charge on any atom is 0.329 e. The van der Waals surface area contributed by atoms with E-state index in [4.69, 9.17) is 0 Å². The number of imide groups is 1. The Hall–Kier alpha value is -2.70. The van der Waals surface area contributed by atoms with Gasteiger partial charge < -0.3 is 4.79 Å². The number of aldehydes is 1. The van der Waals surface area contributed by atoms with Gasteiger partial charge in [-0.3, -0.25) is 24.0 Å². The Morgan fingerprint density at radius 1 is 1.24 bits per heavy atom. The number of nitrogens with one attached hydrogen (secondary N) is 1. The molecule has 7 heteroatoms. The Morgan fingerprint density at radius 3 is 2.60 bits per heavy atom. The minimum atomic E-state index is -0.689. The maximum atomic E-state index is 12.7. The standard InChI is InChI=1S/C18H21N3O4/c1-18(2,10-22)9-11-4-5-12-14(8-11)20(3)17(25)21(12)13-6-7-15(23)19-16(13)24/h4-5,8,10,13H,6-7,9H2,1-3H3,(H,19,23,24). The fraction of sp³-hybridized carbons (Fsp3) is 0.444. The molecule has 2 aromatic rings. The van der Waals surface area contributed by atoms with Gasteiger partial charge in [-0.25, -0.2) is 4.79 Å². The minimum Gasteiger partial charge on any atom is -0.303 e. The third kappa shape index (κ3) is 3.01. The van der Waals surface area contributed by atoms with Crippen LogP contribution in [0.2, 0.25) is 0 Å². The van der Waals surface area contributed by atoms with Crippen LogP contribution in [0.4, 0.5) is 0 Å². The third-order valence-electron chi connectivity index (χ3n) is 4.65. The Kier molecular flexibility index (Phi) is 4.10. The molecule has 1 aromatic heterocycles. The number of benzene rings is 1. The number of fused-ring (bicyclic) bond motifs is 1. The Balaban J connectivity index is 2.08. The summed E-state index contributed by atoms with van der Waals surface area (Å²) in [4.78, 5) is 47.4. The zero-order valence-electron chi connectivity index (χ0n) is 14.5. The molecule has 0 radical (unpaired) electrons. The molecule has 1 unspecified atom stereocenters. The lowest BCUT2D eigenvalue weighted by atomic mass is 9.87. The number of piperidine rings is 1. The second-order valence-corrected chi connectivity index (χ2v) is 7.28. The van der Waals surface area contributed by atoms with Crippen molar-refractivity contribution in [3.63, 3.8) is 0 Å². The molecule has 0 bridgehead atoms. The largest absolute Gasteiger partial charge is 0.329 e. The number of carbonyl (C=O) groups excluding carboxylic acids is 3. The van der Waals surface area contributed by atoms with Gasteiger partial charge in [0.2, 0.25) is 11.8 Å². The highest BCUT2D eigenvalue weighted by Gasteiger charge is 2.31. The zero-order chi connectivity index (χ0) is 18.4. The van der Waals surface area contributed by atoms with Gasteiger partial charge in [-0.15, -0.1) is 0 Å². The molecule has 25 heavy (non-hydrogen) atoms. The lowest BCUT2D eigenvalue weighted by Crippen LogP contribution is -2.44. The van der Waals surface area contributed by atoms with Crippen LogP contribution in [0.1, 0.15) is 38.3 Å². The fourth-order valence-electron chi connectivity index (χ4n) is 3.32. The first-order valence-corrected chi connectivity index (χ1v) is 8.23. The maximum absolute atomic E-state index is 12.7. The predicted molar refractivity (Wildman–Crippen MR) is 92.1 cm³/mol. The summed E-state index contributed by atoms with van der Waals surface area (Å²) in [5.41, 5.74) is 1.51. The normalized spacial score (nSPS) is 18.4. The SMILES string of the molecule is Cn1c(=O)n(C2CCC(=O)NC2=O)c2ccc(CC(C)(C)C=O)cc21. The molecule has 0 saturated carbocycles. The van der Waals surface area contributed by atoms with E-state index in [1.54, 1.807) is 13.1 Å². The molecule has 1 aliphatic rings. The van der Waals surface area contributed by atoms with E-state index in [9.17, 15) is 19.2 Å². The third-order valence-corrected chi connectivity index (χ3v) is 4.65. The highest BCUT2D eigenvalue weighted by Crippen LogP contribution is 2.26. The highest BCUT2D eigenvalue weighted by atomic mass is 16.2. The van der Waals surface area contributed by atoms with E-state index in [-0.39, 0.29) is 18.0 Å². The summed E-state index contributed by atoms with van der Waals surface area (Å²) in [6.07, 6.45) is 2.00. The second-order valence-electron chi connectivity index (χ2n) is 7.28.